The molecule has 1 aromatic carbocycles. The van der Waals surface area contributed by atoms with Crippen molar-refractivity contribution in [2.24, 2.45) is 0 Å². The van der Waals surface area contributed by atoms with Crippen LogP contribution in [0.5, 0.6) is 5.75 Å². The molecule has 0 aliphatic heterocycles. The summed E-state index contributed by atoms with van der Waals surface area (Å²) in [6.07, 6.45) is 0.844. The molecule has 0 aliphatic rings. The Balaban J connectivity index is 2.87. The van der Waals surface area contributed by atoms with Crippen molar-refractivity contribution >= 4 is 34.8 Å². The van der Waals surface area contributed by atoms with Crippen LogP contribution in [0.15, 0.2) is 24.3 Å². The highest BCUT2D eigenvalue weighted by Crippen LogP contribution is 2.31. The summed E-state index contributed by atoms with van der Waals surface area (Å²) in [6, 6.07) is 7.47. The van der Waals surface area contributed by atoms with Crippen LogP contribution >= 0.6 is 34.8 Å². The highest BCUT2D eigenvalue weighted by atomic mass is 35.6. The summed E-state index contributed by atoms with van der Waals surface area (Å²) in [5.74, 6) is 0.616. The molecule has 13 heavy (non-hydrogen) atoms. The summed E-state index contributed by atoms with van der Waals surface area (Å²) in [6.45, 7) is 2.01. The van der Waals surface area contributed by atoms with E-state index in [9.17, 15) is 0 Å². The fourth-order valence-electron chi connectivity index (χ4n) is 1.02. The third-order valence-electron chi connectivity index (χ3n) is 1.58. The van der Waals surface area contributed by atoms with Crippen molar-refractivity contribution in [1.82, 2.24) is 0 Å². The van der Waals surface area contributed by atoms with E-state index in [1.54, 1.807) is 6.07 Å². The van der Waals surface area contributed by atoms with E-state index in [1.807, 2.05) is 25.1 Å². The minimum atomic E-state index is -1.69. The molecule has 0 saturated heterocycles. The van der Waals surface area contributed by atoms with Gasteiger partial charge in [0.05, 0.1) is 0 Å². The molecule has 0 atom stereocenters. The molecule has 0 saturated carbocycles. The third kappa shape index (κ3) is 3.63. The van der Waals surface area contributed by atoms with Crippen molar-refractivity contribution in [2.45, 2.75) is 17.3 Å². The summed E-state index contributed by atoms with van der Waals surface area (Å²) in [5.41, 5.74) is 1.02. The largest absolute Gasteiger partial charge is 0.445 e. The second-order valence-corrected chi connectivity index (χ2v) is 4.69. The molecule has 0 spiro atoms. The molecule has 0 unspecified atom stereocenters. The fourth-order valence-corrected chi connectivity index (χ4v) is 1.27. The maximum absolute atomic E-state index is 5.51. The second kappa shape index (κ2) is 4.41. The van der Waals surface area contributed by atoms with Crippen LogP contribution in [0.2, 0.25) is 0 Å². The number of benzene rings is 1. The molecule has 0 amide bonds. The normalized spacial score (nSPS) is 11.4. The number of alkyl halides is 3. The van der Waals surface area contributed by atoms with Gasteiger partial charge in [-0.2, -0.15) is 0 Å². The van der Waals surface area contributed by atoms with E-state index < -0.39 is 3.98 Å². The summed E-state index contributed by atoms with van der Waals surface area (Å²) >= 11 is 16.5. The Morgan fingerprint density at radius 3 is 2.38 bits per heavy atom. The second-order valence-electron chi connectivity index (χ2n) is 2.51. The first-order chi connectivity index (χ1) is 6.03. The summed E-state index contributed by atoms with van der Waals surface area (Å²) in [7, 11) is 0. The molecule has 0 N–H and O–H groups in total. The number of hydrogen-bond donors (Lipinski definition) is 0. The van der Waals surface area contributed by atoms with Gasteiger partial charge in [-0.05, 0) is 52.9 Å². The maximum atomic E-state index is 5.51. The van der Waals surface area contributed by atoms with Crippen molar-refractivity contribution < 1.29 is 4.74 Å². The van der Waals surface area contributed by atoms with E-state index in [1.165, 1.54) is 0 Å². The zero-order chi connectivity index (χ0) is 9.90. The predicted molar refractivity (Wildman–Crippen MR) is 56.7 cm³/mol. The van der Waals surface area contributed by atoms with Crippen LogP contribution in [0.25, 0.3) is 0 Å². The van der Waals surface area contributed by atoms with Gasteiger partial charge in [0.25, 0.3) is 0 Å². The monoisotopic (exact) mass is 238 g/mol. The smallest absolute Gasteiger partial charge is 0.338 e. The molecule has 0 bridgehead atoms. The van der Waals surface area contributed by atoms with Crippen molar-refractivity contribution in [3.05, 3.63) is 29.8 Å². The Morgan fingerprint density at radius 1 is 1.23 bits per heavy atom. The van der Waals surface area contributed by atoms with E-state index >= 15 is 0 Å². The van der Waals surface area contributed by atoms with Crippen molar-refractivity contribution in [2.75, 3.05) is 0 Å². The molecule has 0 aromatic heterocycles. The Kier molecular flexibility index (Phi) is 3.72. The third-order valence-corrected chi connectivity index (χ3v) is 1.81. The zero-order valence-electron chi connectivity index (χ0n) is 7.06. The molecule has 0 heterocycles. The van der Waals surface area contributed by atoms with Gasteiger partial charge in [0, 0.05) is 0 Å². The van der Waals surface area contributed by atoms with E-state index in [0.717, 1.165) is 12.0 Å². The SMILES string of the molecule is CCc1ccccc1OC(Cl)(Cl)Cl. The van der Waals surface area contributed by atoms with Gasteiger partial charge >= 0.3 is 3.98 Å². The highest BCUT2D eigenvalue weighted by molar-refractivity contribution is 6.66. The topological polar surface area (TPSA) is 9.23 Å². The predicted octanol–water partition coefficient (Wildman–Crippen LogP) is 3.96. The minimum Gasteiger partial charge on any atom is -0.445 e. The average Bonchev–Trinajstić information content (AvgIpc) is 2.02. The first-order valence-corrected chi connectivity index (χ1v) is 5.00. The number of para-hydroxylation sites is 1. The van der Waals surface area contributed by atoms with Crippen LogP contribution in [-0.2, 0) is 6.42 Å². The molecule has 0 aliphatic carbocycles. The summed E-state index contributed by atoms with van der Waals surface area (Å²) in [4.78, 5) is 0. The maximum Gasteiger partial charge on any atom is 0.338 e. The number of ether oxygens (including phenoxy) is 1. The van der Waals surface area contributed by atoms with Gasteiger partial charge in [-0.1, -0.05) is 25.1 Å². The first-order valence-electron chi connectivity index (χ1n) is 3.86. The van der Waals surface area contributed by atoms with Gasteiger partial charge in [0.1, 0.15) is 5.75 Å². The molecular weight excluding hydrogens is 230 g/mol. The molecule has 0 radical (unpaired) electrons. The minimum absolute atomic E-state index is 0.616. The van der Waals surface area contributed by atoms with Crippen LogP contribution in [0, 0.1) is 0 Å². The van der Waals surface area contributed by atoms with Gasteiger partial charge in [-0.3, -0.25) is 0 Å². The Hall–Kier alpha value is -0.110. The van der Waals surface area contributed by atoms with Crippen LogP contribution < -0.4 is 4.74 Å². The summed E-state index contributed by atoms with van der Waals surface area (Å²) < 4.78 is 3.43. The quantitative estimate of drug-likeness (QED) is 0.710. The lowest BCUT2D eigenvalue weighted by Gasteiger charge is -2.15. The first kappa shape index (κ1) is 11.0. The van der Waals surface area contributed by atoms with E-state index in [2.05, 4.69) is 0 Å². The highest BCUT2D eigenvalue weighted by Gasteiger charge is 2.22. The molecular formula is C9H9Cl3O. The Morgan fingerprint density at radius 2 is 1.85 bits per heavy atom. The number of halogens is 3. The number of hydrogen-bond acceptors (Lipinski definition) is 1. The van der Waals surface area contributed by atoms with Crippen LogP contribution in [0.1, 0.15) is 12.5 Å². The van der Waals surface area contributed by atoms with Crippen LogP contribution in [0.3, 0.4) is 0 Å². The molecule has 72 valence electrons. The average molecular weight is 240 g/mol. The van der Waals surface area contributed by atoms with Crippen molar-refractivity contribution in [3.8, 4) is 5.75 Å². The van der Waals surface area contributed by atoms with Crippen LogP contribution in [0.4, 0.5) is 0 Å². The van der Waals surface area contributed by atoms with Gasteiger partial charge in [0.2, 0.25) is 0 Å². The standard InChI is InChI=1S/C9H9Cl3O/c1-2-7-5-3-4-6-8(7)13-9(10,11)12/h3-6H,2H2,1H3. The lowest BCUT2D eigenvalue weighted by molar-refractivity contribution is 0.317. The van der Waals surface area contributed by atoms with Gasteiger partial charge in [-0.25, -0.2) is 0 Å². The zero-order valence-corrected chi connectivity index (χ0v) is 9.33. The molecule has 1 rings (SSSR count). The van der Waals surface area contributed by atoms with E-state index in [0.29, 0.717) is 5.75 Å². The summed E-state index contributed by atoms with van der Waals surface area (Å²) in [5, 5.41) is 0. The molecule has 1 aromatic rings. The Bertz CT molecular complexity index is 280. The number of rotatable bonds is 2. The van der Waals surface area contributed by atoms with Gasteiger partial charge < -0.3 is 4.74 Å². The van der Waals surface area contributed by atoms with Gasteiger partial charge in [0.15, 0.2) is 0 Å². The van der Waals surface area contributed by atoms with E-state index in [-0.39, 0.29) is 0 Å². The van der Waals surface area contributed by atoms with Crippen molar-refractivity contribution in [1.29, 1.82) is 0 Å². The fraction of sp³-hybridized carbons (Fsp3) is 0.333. The van der Waals surface area contributed by atoms with Crippen LogP contribution in [-0.4, -0.2) is 3.98 Å². The van der Waals surface area contributed by atoms with E-state index in [4.69, 9.17) is 39.5 Å². The number of aryl methyl sites for hydroxylation is 1. The lowest BCUT2D eigenvalue weighted by atomic mass is 10.1. The molecule has 1 nitrogen and oxygen atoms in total. The Labute approximate surface area is 92.5 Å². The molecule has 4 heteroatoms. The van der Waals surface area contributed by atoms with Gasteiger partial charge in [-0.15, -0.1) is 0 Å². The molecule has 0 fully saturated rings. The lowest BCUT2D eigenvalue weighted by Crippen LogP contribution is -2.13. The van der Waals surface area contributed by atoms with Crippen molar-refractivity contribution in [3.63, 3.8) is 0 Å².